The lowest BCUT2D eigenvalue weighted by atomic mass is 10.2. The number of hydrogen-bond acceptors (Lipinski definition) is 2. The van der Waals surface area contributed by atoms with E-state index < -0.39 is 0 Å². The normalized spacial score (nSPS) is 10.9. The van der Waals surface area contributed by atoms with Crippen LogP contribution in [0.2, 0.25) is 10.2 Å². The molecule has 1 rings (SSSR count). The van der Waals surface area contributed by atoms with Crippen LogP contribution in [0.3, 0.4) is 0 Å². The molecular formula is C8H7Cl2NO. The van der Waals surface area contributed by atoms with Gasteiger partial charge in [-0.3, -0.25) is 0 Å². The summed E-state index contributed by atoms with van der Waals surface area (Å²) in [5, 5.41) is 9.19. The van der Waals surface area contributed by atoms with Gasteiger partial charge in [0.1, 0.15) is 5.15 Å². The third kappa shape index (κ3) is 2.21. The summed E-state index contributed by atoms with van der Waals surface area (Å²) < 4.78 is 0. The van der Waals surface area contributed by atoms with Crippen molar-refractivity contribution in [2.45, 2.75) is 0 Å². The van der Waals surface area contributed by atoms with Gasteiger partial charge in [-0.1, -0.05) is 35.4 Å². The Morgan fingerprint density at radius 3 is 2.92 bits per heavy atom. The monoisotopic (exact) mass is 203 g/mol. The molecule has 0 saturated heterocycles. The van der Waals surface area contributed by atoms with Crippen molar-refractivity contribution in [3.8, 4) is 0 Å². The van der Waals surface area contributed by atoms with Crippen LogP contribution in [0.15, 0.2) is 18.3 Å². The number of hydrogen-bond donors (Lipinski definition) is 1. The lowest BCUT2D eigenvalue weighted by Gasteiger charge is -1.97. The molecule has 0 aliphatic carbocycles. The maximum absolute atomic E-state index is 8.51. The van der Waals surface area contributed by atoms with E-state index in [-0.39, 0.29) is 11.8 Å². The number of aromatic nitrogens is 1. The molecule has 1 aromatic rings. The van der Waals surface area contributed by atoms with E-state index in [1.54, 1.807) is 24.4 Å². The third-order valence-corrected chi connectivity index (χ3v) is 2.06. The Labute approximate surface area is 80.5 Å². The first-order chi connectivity index (χ1) is 5.75. The van der Waals surface area contributed by atoms with Crippen LogP contribution in [-0.2, 0) is 0 Å². The largest absolute Gasteiger partial charge is 0.392 e. The molecule has 0 aromatic carbocycles. The molecule has 0 aliphatic rings. The van der Waals surface area contributed by atoms with Crippen LogP contribution < -0.4 is 0 Å². The summed E-state index contributed by atoms with van der Waals surface area (Å²) in [5.41, 5.74) is 0.755. The van der Waals surface area contributed by atoms with Gasteiger partial charge < -0.3 is 5.11 Å². The fourth-order valence-electron chi connectivity index (χ4n) is 0.740. The van der Waals surface area contributed by atoms with Crippen molar-refractivity contribution in [3.05, 3.63) is 34.1 Å². The summed E-state index contributed by atoms with van der Waals surface area (Å²) in [6.45, 7) is -0.0176. The third-order valence-electron chi connectivity index (χ3n) is 1.28. The molecule has 1 aromatic heterocycles. The Morgan fingerprint density at radius 2 is 2.25 bits per heavy atom. The van der Waals surface area contributed by atoms with Crippen molar-refractivity contribution in [2.75, 3.05) is 6.61 Å². The van der Waals surface area contributed by atoms with Gasteiger partial charge in [0, 0.05) is 6.20 Å². The van der Waals surface area contributed by atoms with Gasteiger partial charge in [0.2, 0.25) is 0 Å². The highest BCUT2D eigenvalue weighted by molar-refractivity contribution is 6.42. The second-order valence-electron chi connectivity index (χ2n) is 2.09. The molecule has 4 heteroatoms. The molecule has 2 nitrogen and oxygen atoms in total. The van der Waals surface area contributed by atoms with E-state index in [4.69, 9.17) is 28.3 Å². The number of aliphatic hydroxyl groups excluding tert-OH is 1. The molecule has 0 bridgehead atoms. The topological polar surface area (TPSA) is 33.1 Å². The van der Waals surface area contributed by atoms with Crippen LogP contribution in [0, 0.1) is 0 Å². The van der Waals surface area contributed by atoms with Crippen molar-refractivity contribution in [1.29, 1.82) is 0 Å². The number of pyridine rings is 1. The van der Waals surface area contributed by atoms with Gasteiger partial charge in [0.05, 0.1) is 11.6 Å². The van der Waals surface area contributed by atoms with Crippen molar-refractivity contribution >= 4 is 29.3 Å². The smallest absolute Gasteiger partial charge is 0.148 e. The number of halogens is 2. The van der Waals surface area contributed by atoms with Crippen LogP contribution >= 0.6 is 23.2 Å². The fourth-order valence-corrected chi connectivity index (χ4v) is 1.08. The second-order valence-corrected chi connectivity index (χ2v) is 2.83. The first-order valence-electron chi connectivity index (χ1n) is 3.33. The fraction of sp³-hybridized carbons (Fsp3) is 0.125. The predicted molar refractivity (Wildman–Crippen MR) is 50.4 cm³/mol. The highest BCUT2D eigenvalue weighted by Gasteiger charge is 2.00. The number of aliphatic hydroxyl groups is 1. The summed E-state index contributed by atoms with van der Waals surface area (Å²) in [7, 11) is 0. The number of nitrogens with zero attached hydrogens (tertiary/aromatic N) is 1. The van der Waals surface area contributed by atoms with Gasteiger partial charge in [0.25, 0.3) is 0 Å². The lowest BCUT2D eigenvalue weighted by molar-refractivity contribution is 0.343. The van der Waals surface area contributed by atoms with Gasteiger partial charge in [-0.15, -0.1) is 0 Å². The molecule has 12 heavy (non-hydrogen) atoms. The summed E-state index contributed by atoms with van der Waals surface area (Å²) in [4.78, 5) is 3.78. The first kappa shape index (κ1) is 9.52. The van der Waals surface area contributed by atoms with Gasteiger partial charge in [0.15, 0.2) is 0 Å². The maximum atomic E-state index is 8.51. The molecule has 0 saturated carbocycles. The zero-order chi connectivity index (χ0) is 8.97. The van der Waals surface area contributed by atoms with E-state index >= 15 is 0 Å². The molecule has 0 amide bonds. The van der Waals surface area contributed by atoms with Crippen LogP contribution in [0.4, 0.5) is 0 Å². The van der Waals surface area contributed by atoms with E-state index in [2.05, 4.69) is 4.98 Å². The first-order valence-corrected chi connectivity index (χ1v) is 4.08. The molecule has 0 atom stereocenters. The standard InChI is InChI=1S/C8H7Cl2NO/c9-7-6(2-1-5-12)3-4-11-8(7)10/h1-4,12H,5H2. The predicted octanol–water partition coefficient (Wildman–Crippen LogP) is 2.39. The van der Waals surface area contributed by atoms with E-state index in [1.807, 2.05) is 0 Å². The molecule has 1 heterocycles. The minimum atomic E-state index is -0.0176. The highest BCUT2D eigenvalue weighted by Crippen LogP contribution is 2.23. The Morgan fingerprint density at radius 1 is 1.50 bits per heavy atom. The maximum Gasteiger partial charge on any atom is 0.148 e. The average Bonchev–Trinajstić information content (AvgIpc) is 2.08. The van der Waals surface area contributed by atoms with E-state index in [1.165, 1.54) is 0 Å². The van der Waals surface area contributed by atoms with Crippen LogP contribution in [0.1, 0.15) is 5.56 Å². The second kappa shape index (κ2) is 4.45. The van der Waals surface area contributed by atoms with E-state index in [0.717, 1.165) is 5.56 Å². The molecule has 0 aliphatic heterocycles. The quantitative estimate of drug-likeness (QED) is 0.750. The molecule has 0 spiro atoms. The van der Waals surface area contributed by atoms with Gasteiger partial charge in [-0.25, -0.2) is 4.98 Å². The average molecular weight is 204 g/mol. The van der Waals surface area contributed by atoms with E-state index in [0.29, 0.717) is 5.02 Å². The Balaban J connectivity index is 3.00. The highest BCUT2D eigenvalue weighted by atomic mass is 35.5. The van der Waals surface area contributed by atoms with Crippen molar-refractivity contribution in [3.63, 3.8) is 0 Å². The minimum absolute atomic E-state index is 0.0176. The summed E-state index contributed by atoms with van der Waals surface area (Å²) in [6, 6.07) is 1.72. The molecule has 64 valence electrons. The summed E-state index contributed by atoms with van der Waals surface area (Å²) in [5.74, 6) is 0. The minimum Gasteiger partial charge on any atom is -0.392 e. The van der Waals surface area contributed by atoms with Crippen molar-refractivity contribution < 1.29 is 5.11 Å². The molecule has 1 N–H and O–H groups in total. The molecule has 0 radical (unpaired) electrons. The zero-order valence-corrected chi connectivity index (χ0v) is 7.68. The summed E-state index contributed by atoms with van der Waals surface area (Å²) >= 11 is 11.5. The van der Waals surface area contributed by atoms with Crippen LogP contribution in [0.25, 0.3) is 6.08 Å². The Kier molecular flexibility index (Phi) is 3.53. The number of rotatable bonds is 2. The Hall–Kier alpha value is -0.570. The van der Waals surface area contributed by atoms with Gasteiger partial charge in [-0.05, 0) is 11.6 Å². The van der Waals surface area contributed by atoms with E-state index in [9.17, 15) is 0 Å². The SMILES string of the molecule is OCC=Cc1ccnc(Cl)c1Cl. The van der Waals surface area contributed by atoms with Gasteiger partial charge >= 0.3 is 0 Å². The molecular weight excluding hydrogens is 197 g/mol. The zero-order valence-electron chi connectivity index (χ0n) is 6.17. The molecule has 0 unspecified atom stereocenters. The van der Waals surface area contributed by atoms with Crippen LogP contribution in [0.5, 0.6) is 0 Å². The van der Waals surface area contributed by atoms with Crippen LogP contribution in [-0.4, -0.2) is 16.7 Å². The lowest BCUT2D eigenvalue weighted by Crippen LogP contribution is -1.81. The summed E-state index contributed by atoms with van der Waals surface area (Å²) in [6.07, 6.45) is 4.83. The van der Waals surface area contributed by atoms with Gasteiger partial charge in [-0.2, -0.15) is 0 Å². The Bertz CT molecular complexity index is 299. The molecule has 0 fully saturated rings. The van der Waals surface area contributed by atoms with Crippen molar-refractivity contribution in [1.82, 2.24) is 4.98 Å². The van der Waals surface area contributed by atoms with Crippen molar-refractivity contribution in [2.24, 2.45) is 0 Å².